The zero-order valence-corrected chi connectivity index (χ0v) is 14.0. The van der Waals surface area contributed by atoms with Crippen LogP contribution in [0.4, 0.5) is 0 Å². The van der Waals surface area contributed by atoms with E-state index in [1.165, 1.54) is 23.7 Å². The van der Waals surface area contributed by atoms with Crippen LogP contribution in [-0.2, 0) is 20.9 Å². The second kappa shape index (κ2) is 7.09. The van der Waals surface area contributed by atoms with Crippen molar-refractivity contribution in [3.8, 4) is 11.4 Å². The normalized spacial score (nSPS) is 18.0. The third-order valence-electron chi connectivity index (χ3n) is 3.39. The van der Waals surface area contributed by atoms with Gasteiger partial charge in [-0.3, -0.25) is 9.59 Å². The number of hydrogen-bond donors (Lipinski definition) is 0. The van der Waals surface area contributed by atoms with Crippen molar-refractivity contribution >= 4 is 35.0 Å². The van der Waals surface area contributed by atoms with Crippen LogP contribution in [0.1, 0.15) is 0 Å². The fourth-order valence-corrected chi connectivity index (χ4v) is 3.95. The maximum Gasteiger partial charge on any atom is 0.320 e. The molecule has 1 saturated heterocycles. The largest absolute Gasteiger partial charge is 0.468 e. The molecule has 0 aliphatic carbocycles. The lowest BCUT2D eigenvalue weighted by Gasteiger charge is -2.30. The number of rotatable bonds is 4. The Morgan fingerprint density at radius 3 is 3.09 bits per heavy atom. The van der Waals surface area contributed by atoms with Gasteiger partial charge in [-0.25, -0.2) is 0 Å². The average molecular weight is 353 g/mol. The van der Waals surface area contributed by atoms with Gasteiger partial charge in [0.25, 0.3) is 0 Å². The number of esters is 1. The standard InChI is InChI=1S/C13H15N5O3S2/c1-21-13(20)10-6-17(3-5-23-10)11(19)7-18-15-12(14-16-18)9-2-4-22-8-9/h2,4,8,10H,3,5-7H2,1H3/t10-/m0/s1. The molecule has 0 spiro atoms. The first kappa shape index (κ1) is 15.9. The Labute approximate surface area is 140 Å². The number of nitrogens with zero attached hydrogens (tertiary/aromatic N) is 5. The molecule has 1 aliphatic heterocycles. The van der Waals surface area contributed by atoms with Gasteiger partial charge in [0.05, 0.1) is 7.11 Å². The van der Waals surface area contributed by atoms with Gasteiger partial charge < -0.3 is 9.64 Å². The Morgan fingerprint density at radius 2 is 2.35 bits per heavy atom. The molecule has 1 atom stereocenters. The molecule has 0 unspecified atom stereocenters. The van der Waals surface area contributed by atoms with Gasteiger partial charge >= 0.3 is 5.97 Å². The van der Waals surface area contributed by atoms with Crippen molar-refractivity contribution < 1.29 is 14.3 Å². The molecule has 0 saturated carbocycles. The Hall–Kier alpha value is -1.94. The summed E-state index contributed by atoms with van der Waals surface area (Å²) in [6.07, 6.45) is 0. The number of aromatic nitrogens is 4. The van der Waals surface area contributed by atoms with Crippen molar-refractivity contribution in [2.45, 2.75) is 11.8 Å². The van der Waals surface area contributed by atoms with E-state index >= 15 is 0 Å². The van der Waals surface area contributed by atoms with Crippen LogP contribution in [0.15, 0.2) is 16.8 Å². The number of carbonyl (C=O) groups excluding carboxylic acids is 2. The molecule has 1 amide bonds. The second-order valence-electron chi connectivity index (χ2n) is 4.88. The third kappa shape index (κ3) is 3.70. The second-order valence-corrected chi connectivity index (χ2v) is 6.97. The minimum Gasteiger partial charge on any atom is -0.468 e. The molecule has 0 bridgehead atoms. The predicted octanol–water partition coefficient (Wildman–Crippen LogP) is 0.519. The first-order valence-electron chi connectivity index (χ1n) is 6.95. The average Bonchev–Trinajstić information content (AvgIpc) is 3.25. The number of thiophene rings is 1. The van der Waals surface area contributed by atoms with Gasteiger partial charge in [-0.1, -0.05) is 0 Å². The van der Waals surface area contributed by atoms with Crippen molar-refractivity contribution in [3.05, 3.63) is 16.8 Å². The number of tetrazole rings is 1. The molecule has 0 radical (unpaired) electrons. The van der Waals surface area contributed by atoms with Gasteiger partial charge in [0.15, 0.2) is 0 Å². The van der Waals surface area contributed by atoms with Gasteiger partial charge in [-0.2, -0.15) is 16.1 Å². The van der Waals surface area contributed by atoms with E-state index in [4.69, 9.17) is 4.74 Å². The molecular weight excluding hydrogens is 338 g/mol. The first-order valence-corrected chi connectivity index (χ1v) is 8.94. The van der Waals surface area contributed by atoms with Gasteiger partial charge in [0.1, 0.15) is 11.8 Å². The van der Waals surface area contributed by atoms with Gasteiger partial charge in [0.2, 0.25) is 11.7 Å². The minimum atomic E-state index is -0.331. The van der Waals surface area contributed by atoms with E-state index in [9.17, 15) is 9.59 Å². The summed E-state index contributed by atoms with van der Waals surface area (Å²) in [4.78, 5) is 26.9. The van der Waals surface area contributed by atoms with Crippen molar-refractivity contribution in [3.63, 3.8) is 0 Å². The van der Waals surface area contributed by atoms with Crippen molar-refractivity contribution in [1.29, 1.82) is 0 Å². The SMILES string of the molecule is COC(=O)[C@@H]1CN(C(=O)Cn2nnc(-c3ccsc3)n2)CCS1. The van der Waals surface area contributed by atoms with Crippen LogP contribution >= 0.6 is 23.1 Å². The van der Waals surface area contributed by atoms with E-state index in [2.05, 4.69) is 15.4 Å². The molecule has 1 aliphatic rings. The number of hydrogen-bond acceptors (Lipinski definition) is 8. The lowest BCUT2D eigenvalue weighted by molar-refractivity contribution is -0.141. The van der Waals surface area contributed by atoms with Crippen molar-refractivity contribution in [2.24, 2.45) is 0 Å². The van der Waals surface area contributed by atoms with Crippen LogP contribution in [0.5, 0.6) is 0 Å². The fourth-order valence-electron chi connectivity index (χ4n) is 2.19. The Morgan fingerprint density at radius 1 is 1.48 bits per heavy atom. The molecule has 2 aromatic rings. The number of methoxy groups -OCH3 is 1. The Balaban J connectivity index is 1.61. The number of ether oxygens (including phenoxy) is 1. The summed E-state index contributed by atoms with van der Waals surface area (Å²) < 4.78 is 4.74. The first-order chi connectivity index (χ1) is 11.2. The fraction of sp³-hybridized carbons (Fsp3) is 0.462. The molecule has 3 rings (SSSR count). The summed E-state index contributed by atoms with van der Waals surface area (Å²) in [5, 5.41) is 15.6. The molecule has 1 fully saturated rings. The smallest absolute Gasteiger partial charge is 0.320 e. The zero-order chi connectivity index (χ0) is 16.2. The maximum atomic E-state index is 12.4. The van der Waals surface area contributed by atoms with E-state index in [1.54, 1.807) is 16.2 Å². The van der Waals surface area contributed by atoms with Gasteiger partial charge in [0, 0.05) is 29.8 Å². The molecule has 0 N–H and O–H groups in total. The van der Waals surface area contributed by atoms with E-state index in [-0.39, 0.29) is 23.7 Å². The summed E-state index contributed by atoms with van der Waals surface area (Å²) in [6, 6.07) is 1.90. The topological polar surface area (TPSA) is 90.2 Å². The van der Waals surface area contributed by atoms with Crippen LogP contribution in [0.3, 0.4) is 0 Å². The van der Waals surface area contributed by atoms with Gasteiger partial charge in [-0.05, 0) is 16.7 Å². The highest BCUT2D eigenvalue weighted by Crippen LogP contribution is 2.20. The zero-order valence-electron chi connectivity index (χ0n) is 12.4. The summed E-state index contributed by atoms with van der Waals surface area (Å²) in [6.45, 7) is 0.959. The minimum absolute atomic E-state index is 0.00962. The predicted molar refractivity (Wildman–Crippen MR) is 86.0 cm³/mol. The monoisotopic (exact) mass is 353 g/mol. The summed E-state index contributed by atoms with van der Waals surface area (Å²) >= 11 is 3.06. The van der Waals surface area contributed by atoms with Crippen LogP contribution in [0.25, 0.3) is 11.4 Å². The summed E-state index contributed by atoms with van der Waals surface area (Å²) in [7, 11) is 1.36. The van der Waals surface area contributed by atoms with E-state index in [0.717, 1.165) is 5.56 Å². The molecule has 2 aromatic heterocycles. The van der Waals surface area contributed by atoms with Gasteiger partial charge in [-0.15, -0.1) is 22.0 Å². The van der Waals surface area contributed by atoms with Crippen LogP contribution in [0.2, 0.25) is 0 Å². The van der Waals surface area contributed by atoms with Crippen molar-refractivity contribution in [1.82, 2.24) is 25.1 Å². The molecule has 3 heterocycles. The molecule has 122 valence electrons. The Kier molecular flexibility index (Phi) is 4.91. The molecular formula is C13H15N5O3S2. The molecule has 0 aromatic carbocycles. The summed E-state index contributed by atoms with van der Waals surface area (Å²) in [5.74, 6) is 0.775. The quantitative estimate of drug-likeness (QED) is 0.740. The number of carbonyl (C=O) groups is 2. The van der Waals surface area contributed by atoms with Crippen molar-refractivity contribution in [2.75, 3.05) is 26.0 Å². The number of thioether (sulfide) groups is 1. The van der Waals surface area contributed by atoms with E-state index in [0.29, 0.717) is 24.7 Å². The highest BCUT2D eigenvalue weighted by atomic mass is 32.2. The van der Waals surface area contributed by atoms with E-state index in [1.807, 2.05) is 16.8 Å². The lowest BCUT2D eigenvalue weighted by atomic mass is 10.3. The highest BCUT2D eigenvalue weighted by Gasteiger charge is 2.29. The highest BCUT2D eigenvalue weighted by molar-refractivity contribution is 8.00. The Bertz CT molecular complexity index is 688. The maximum absolute atomic E-state index is 12.4. The molecule has 23 heavy (non-hydrogen) atoms. The van der Waals surface area contributed by atoms with E-state index < -0.39 is 0 Å². The van der Waals surface area contributed by atoms with Crippen LogP contribution < -0.4 is 0 Å². The summed E-state index contributed by atoms with van der Waals surface area (Å²) in [5.41, 5.74) is 0.883. The van der Waals surface area contributed by atoms with Crippen LogP contribution in [0, 0.1) is 0 Å². The lowest BCUT2D eigenvalue weighted by Crippen LogP contribution is -2.46. The third-order valence-corrected chi connectivity index (χ3v) is 5.24. The number of amides is 1. The molecule has 10 heteroatoms. The van der Waals surface area contributed by atoms with Crippen LogP contribution in [-0.4, -0.2) is 68.2 Å². The molecule has 8 nitrogen and oxygen atoms in total.